The van der Waals surface area contributed by atoms with Crippen molar-refractivity contribution in [3.8, 4) is 11.5 Å². The number of benzene rings is 2. The Morgan fingerprint density at radius 3 is 2.67 bits per heavy atom. The Bertz CT molecular complexity index is 918. The van der Waals surface area contributed by atoms with Gasteiger partial charge in [-0.3, -0.25) is 9.10 Å². The summed E-state index contributed by atoms with van der Waals surface area (Å²) in [5.74, 6) is 0.587. The Morgan fingerprint density at radius 1 is 1.26 bits per heavy atom. The summed E-state index contributed by atoms with van der Waals surface area (Å²) in [6.45, 7) is 0.425. The number of fused-ring (bicyclic) bond motifs is 1. The number of halogens is 1. The highest BCUT2D eigenvalue weighted by molar-refractivity contribution is 7.92. The van der Waals surface area contributed by atoms with Gasteiger partial charge >= 0.3 is 0 Å². The molecule has 1 aliphatic rings. The maximum absolute atomic E-state index is 12.4. The number of nitrogens with zero attached hydrogens (tertiary/aromatic N) is 1. The van der Waals surface area contributed by atoms with E-state index in [0.717, 1.165) is 6.26 Å². The van der Waals surface area contributed by atoms with Gasteiger partial charge in [0.2, 0.25) is 10.0 Å². The van der Waals surface area contributed by atoms with Gasteiger partial charge in [-0.15, -0.1) is 0 Å². The SMILES string of the molecule is CS(=O)(=O)N1C[C@H](C(=O)NCCOc2ccc(Cl)cc2)Oc2ccccc21. The second kappa shape index (κ2) is 8.06. The van der Waals surface area contributed by atoms with E-state index in [2.05, 4.69) is 5.32 Å². The number of carbonyl (C=O) groups excluding carboxylic acids is 1. The molecule has 144 valence electrons. The van der Waals surface area contributed by atoms with E-state index in [9.17, 15) is 13.2 Å². The third-order valence-electron chi connectivity index (χ3n) is 3.91. The van der Waals surface area contributed by atoms with Gasteiger partial charge in [-0.2, -0.15) is 0 Å². The van der Waals surface area contributed by atoms with Crippen molar-refractivity contribution in [2.45, 2.75) is 6.10 Å². The van der Waals surface area contributed by atoms with Gasteiger partial charge in [0.05, 0.1) is 25.0 Å². The van der Waals surface area contributed by atoms with Crippen molar-refractivity contribution in [1.29, 1.82) is 0 Å². The van der Waals surface area contributed by atoms with Gasteiger partial charge in [-0.25, -0.2) is 8.42 Å². The first-order valence-electron chi connectivity index (χ1n) is 8.24. The van der Waals surface area contributed by atoms with Crippen LogP contribution in [0.15, 0.2) is 48.5 Å². The van der Waals surface area contributed by atoms with E-state index in [-0.39, 0.29) is 19.7 Å². The maximum Gasteiger partial charge on any atom is 0.263 e. The fourth-order valence-corrected chi connectivity index (χ4v) is 3.68. The van der Waals surface area contributed by atoms with Crippen LogP contribution in [0.4, 0.5) is 5.69 Å². The Morgan fingerprint density at radius 2 is 1.96 bits per heavy atom. The van der Waals surface area contributed by atoms with E-state index >= 15 is 0 Å². The van der Waals surface area contributed by atoms with E-state index in [0.29, 0.717) is 22.2 Å². The number of nitrogens with one attached hydrogen (secondary N) is 1. The molecule has 1 atom stereocenters. The summed E-state index contributed by atoms with van der Waals surface area (Å²) >= 11 is 5.81. The van der Waals surface area contributed by atoms with Crippen LogP contribution in [0, 0.1) is 0 Å². The molecule has 1 heterocycles. The van der Waals surface area contributed by atoms with Gasteiger partial charge in [0.1, 0.15) is 18.1 Å². The summed E-state index contributed by atoms with van der Waals surface area (Å²) in [4.78, 5) is 12.4. The third-order valence-corrected chi connectivity index (χ3v) is 5.31. The minimum atomic E-state index is -3.53. The molecule has 0 bridgehead atoms. The Hall–Kier alpha value is -2.45. The highest BCUT2D eigenvalue weighted by atomic mass is 35.5. The van der Waals surface area contributed by atoms with Gasteiger partial charge in [0, 0.05) is 5.02 Å². The topological polar surface area (TPSA) is 84.9 Å². The monoisotopic (exact) mass is 410 g/mol. The normalized spacial score (nSPS) is 16.2. The first-order valence-corrected chi connectivity index (χ1v) is 10.5. The highest BCUT2D eigenvalue weighted by Gasteiger charge is 2.34. The summed E-state index contributed by atoms with van der Waals surface area (Å²) in [6, 6.07) is 13.6. The van der Waals surface area contributed by atoms with Gasteiger partial charge in [0.25, 0.3) is 5.91 Å². The zero-order chi connectivity index (χ0) is 19.4. The second-order valence-electron chi connectivity index (χ2n) is 5.96. The summed E-state index contributed by atoms with van der Waals surface area (Å²) in [7, 11) is -3.53. The average molecular weight is 411 g/mol. The lowest BCUT2D eigenvalue weighted by Crippen LogP contribution is -2.51. The minimum Gasteiger partial charge on any atom is -0.492 e. The van der Waals surface area contributed by atoms with E-state index < -0.39 is 22.0 Å². The zero-order valence-corrected chi connectivity index (χ0v) is 16.2. The van der Waals surface area contributed by atoms with E-state index in [1.54, 1.807) is 48.5 Å². The van der Waals surface area contributed by atoms with Crippen molar-refractivity contribution in [2.75, 3.05) is 30.3 Å². The molecule has 0 saturated heterocycles. The number of hydrogen-bond donors (Lipinski definition) is 1. The Labute approximate surface area is 162 Å². The molecule has 0 radical (unpaired) electrons. The first-order chi connectivity index (χ1) is 12.8. The highest BCUT2D eigenvalue weighted by Crippen LogP contribution is 2.34. The lowest BCUT2D eigenvalue weighted by molar-refractivity contribution is -0.127. The standard InChI is InChI=1S/C18H19ClN2O5S/c1-27(23,24)21-12-17(26-16-5-3-2-4-15(16)21)18(22)20-10-11-25-14-8-6-13(19)7-9-14/h2-9,17H,10-12H2,1H3,(H,20,22)/t17-/m1/s1. The quantitative estimate of drug-likeness (QED) is 0.737. The number of hydrogen-bond acceptors (Lipinski definition) is 5. The van der Waals surface area contributed by atoms with Crippen molar-refractivity contribution in [1.82, 2.24) is 5.32 Å². The number of anilines is 1. The molecule has 2 aromatic rings. The zero-order valence-electron chi connectivity index (χ0n) is 14.6. The summed E-state index contributed by atoms with van der Waals surface area (Å²) in [6.07, 6.45) is 0.162. The predicted octanol–water partition coefficient (Wildman–Crippen LogP) is 2.06. The van der Waals surface area contributed by atoms with Gasteiger partial charge in [-0.1, -0.05) is 23.7 Å². The van der Waals surface area contributed by atoms with Crippen molar-refractivity contribution in [3.05, 3.63) is 53.6 Å². The van der Waals surface area contributed by atoms with Crippen molar-refractivity contribution in [3.63, 3.8) is 0 Å². The first kappa shape index (κ1) is 19.3. The largest absolute Gasteiger partial charge is 0.492 e. The molecule has 0 aliphatic carbocycles. The molecule has 9 heteroatoms. The number of amides is 1. The number of para-hydroxylation sites is 2. The molecule has 0 unspecified atom stereocenters. The molecule has 0 fully saturated rings. The predicted molar refractivity (Wildman–Crippen MR) is 103 cm³/mol. The van der Waals surface area contributed by atoms with Crippen molar-refractivity contribution in [2.24, 2.45) is 0 Å². The van der Waals surface area contributed by atoms with Crippen LogP contribution in [0.1, 0.15) is 0 Å². The minimum absolute atomic E-state index is 0.0836. The van der Waals surface area contributed by atoms with Gasteiger partial charge in [-0.05, 0) is 36.4 Å². The molecule has 0 spiro atoms. The summed E-state index contributed by atoms with van der Waals surface area (Å²) in [5.41, 5.74) is 0.426. The molecular formula is C18H19ClN2O5S. The van der Waals surface area contributed by atoms with Crippen LogP contribution in [0.25, 0.3) is 0 Å². The average Bonchev–Trinajstić information content (AvgIpc) is 2.64. The molecule has 0 aromatic heterocycles. The van der Waals surface area contributed by atoms with E-state index in [4.69, 9.17) is 21.1 Å². The fourth-order valence-electron chi connectivity index (χ4n) is 2.64. The van der Waals surface area contributed by atoms with Gasteiger partial charge < -0.3 is 14.8 Å². The lowest BCUT2D eigenvalue weighted by atomic mass is 10.2. The molecule has 1 aliphatic heterocycles. The van der Waals surface area contributed by atoms with Crippen LogP contribution < -0.4 is 19.1 Å². The van der Waals surface area contributed by atoms with Crippen LogP contribution >= 0.6 is 11.6 Å². The number of sulfonamides is 1. The van der Waals surface area contributed by atoms with E-state index in [1.807, 2.05) is 0 Å². The Balaban J connectivity index is 1.58. The fraction of sp³-hybridized carbons (Fsp3) is 0.278. The molecule has 3 rings (SSSR count). The third kappa shape index (κ3) is 4.84. The molecule has 7 nitrogen and oxygen atoms in total. The smallest absolute Gasteiger partial charge is 0.263 e. The molecule has 27 heavy (non-hydrogen) atoms. The molecule has 1 N–H and O–H groups in total. The van der Waals surface area contributed by atoms with E-state index in [1.165, 1.54) is 4.31 Å². The van der Waals surface area contributed by atoms with Crippen LogP contribution in [-0.4, -0.2) is 46.4 Å². The number of ether oxygens (including phenoxy) is 2. The van der Waals surface area contributed by atoms with Crippen LogP contribution in [-0.2, 0) is 14.8 Å². The second-order valence-corrected chi connectivity index (χ2v) is 8.30. The van der Waals surface area contributed by atoms with Crippen molar-refractivity contribution >= 4 is 33.2 Å². The lowest BCUT2D eigenvalue weighted by Gasteiger charge is -2.33. The summed E-state index contributed by atoms with van der Waals surface area (Å²) in [5, 5.41) is 3.31. The van der Waals surface area contributed by atoms with Crippen LogP contribution in [0.5, 0.6) is 11.5 Å². The Kier molecular flexibility index (Phi) is 5.76. The van der Waals surface area contributed by atoms with Gasteiger partial charge in [0.15, 0.2) is 6.10 Å². The summed E-state index contributed by atoms with van der Waals surface area (Å²) < 4.78 is 36.5. The van der Waals surface area contributed by atoms with Crippen LogP contribution in [0.3, 0.4) is 0 Å². The molecule has 0 saturated carbocycles. The molecular weight excluding hydrogens is 392 g/mol. The van der Waals surface area contributed by atoms with Crippen LogP contribution in [0.2, 0.25) is 5.02 Å². The maximum atomic E-state index is 12.4. The molecule has 2 aromatic carbocycles. The number of rotatable bonds is 6. The van der Waals surface area contributed by atoms with Crippen molar-refractivity contribution < 1.29 is 22.7 Å². The molecule has 1 amide bonds. The number of carbonyl (C=O) groups is 1.